The molecule has 3 aromatic rings. The van der Waals surface area contributed by atoms with Crippen LogP contribution in [0.4, 0.5) is 4.39 Å². The summed E-state index contributed by atoms with van der Waals surface area (Å²) in [5.41, 5.74) is 0.850. The van der Waals surface area contributed by atoms with Gasteiger partial charge in [0.05, 0.1) is 5.92 Å². The van der Waals surface area contributed by atoms with Crippen molar-refractivity contribution in [1.82, 2.24) is 5.32 Å². The number of hydrogen-bond acceptors (Lipinski definition) is 3. The van der Waals surface area contributed by atoms with Crippen LogP contribution in [0.5, 0.6) is 0 Å². The van der Waals surface area contributed by atoms with E-state index in [2.05, 4.69) is 5.32 Å². The molecule has 9 heteroatoms. The van der Waals surface area contributed by atoms with Crippen LogP contribution in [0.25, 0.3) is 16.2 Å². The van der Waals surface area contributed by atoms with Crippen LogP contribution >= 0.6 is 42.6 Å². The van der Waals surface area contributed by atoms with E-state index in [9.17, 15) is 18.6 Å². The van der Waals surface area contributed by atoms with Gasteiger partial charge in [-0.3, -0.25) is 9.36 Å². The van der Waals surface area contributed by atoms with E-state index in [-0.39, 0.29) is 11.7 Å². The zero-order chi connectivity index (χ0) is 20.3. The third-order valence-electron chi connectivity index (χ3n) is 4.08. The van der Waals surface area contributed by atoms with Gasteiger partial charge < -0.3 is 10.2 Å². The van der Waals surface area contributed by atoms with E-state index in [1.807, 2.05) is 6.07 Å². The fraction of sp³-hybridized carbons (Fsp3) is 0.105. The lowest BCUT2D eigenvalue weighted by molar-refractivity contribution is -0.121. The quantitative estimate of drug-likeness (QED) is 0.467. The van der Waals surface area contributed by atoms with Crippen molar-refractivity contribution in [2.75, 3.05) is 6.16 Å². The molecule has 0 aliphatic heterocycles. The Morgan fingerprint density at radius 2 is 1.96 bits per heavy atom. The van der Waals surface area contributed by atoms with E-state index in [4.69, 9.17) is 23.2 Å². The number of carbonyl (C=O) groups excluding carboxylic acids is 1. The molecule has 1 amide bonds. The Morgan fingerprint density at radius 3 is 2.71 bits per heavy atom. The number of halogens is 3. The van der Waals surface area contributed by atoms with E-state index < -0.39 is 25.7 Å². The number of thiophene rings is 1. The zero-order valence-electron chi connectivity index (χ0n) is 14.3. The van der Waals surface area contributed by atoms with Crippen molar-refractivity contribution < 1.29 is 18.6 Å². The third-order valence-corrected chi connectivity index (χ3v) is 6.29. The molecule has 1 heterocycles. The summed E-state index contributed by atoms with van der Waals surface area (Å²) in [5, 5.41) is 6.00. The van der Waals surface area contributed by atoms with Crippen molar-refractivity contribution in [2.45, 2.75) is 5.92 Å². The van der Waals surface area contributed by atoms with Crippen LogP contribution in [-0.2, 0) is 9.36 Å². The summed E-state index contributed by atoms with van der Waals surface area (Å²) in [6.07, 6.45) is 2.47. The highest BCUT2D eigenvalue weighted by Gasteiger charge is 2.25. The Morgan fingerprint density at radius 1 is 1.25 bits per heavy atom. The molecule has 0 saturated heterocycles. The first kappa shape index (κ1) is 21.0. The predicted molar refractivity (Wildman–Crippen MR) is 114 cm³/mol. The molecule has 0 spiro atoms. The second-order valence-electron chi connectivity index (χ2n) is 5.99. The maximum atomic E-state index is 13.8. The highest BCUT2D eigenvalue weighted by molar-refractivity contribution is 7.38. The van der Waals surface area contributed by atoms with Gasteiger partial charge in [0.25, 0.3) is 0 Å². The van der Waals surface area contributed by atoms with E-state index in [1.54, 1.807) is 17.5 Å². The Labute approximate surface area is 175 Å². The van der Waals surface area contributed by atoms with Crippen molar-refractivity contribution >= 4 is 64.6 Å². The first-order valence-corrected chi connectivity index (χ1v) is 11.4. The lowest BCUT2D eigenvalue weighted by atomic mass is 9.99. The van der Waals surface area contributed by atoms with Crippen LogP contribution in [0.3, 0.4) is 0 Å². The minimum Gasteiger partial charge on any atom is -0.346 e. The normalized spacial score (nSPS) is 13.7. The average molecular weight is 458 g/mol. The molecule has 0 fully saturated rings. The standard InChI is InChI=1S/C19H15Cl2FNO3PS/c20-12-1-3-17(22)11(7-12)5-6-23-19(24)15(9-27(25)26)16-10-28-18-4-2-13(21)8-14(16)18/h1-8,10,15,27H,9H2,(H,23,24)(H,25,26)/b6-5+. The highest BCUT2D eigenvalue weighted by Crippen LogP contribution is 2.36. The van der Waals surface area contributed by atoms with Crippen molar-refractivity contribution in [3.63, 3.8) is 0 Å². The molecule has 28 heavy (non-hydrogen) atoms. The lowest BCUT2D eigenvalue weighted by Crippen LogP contribution is -2.26. The molecular formula is C19H15Cl2FNO3PS. The topological polar surface area (TPSA) is 66.4 Å². The second-order valence-corrected chi connectivity index (χ2v) is 8.97. The van der Waals surface area contributed by atoms with Crippen molar-refractivity contribution in [2.24, 2.45) is 0 Å². The van der Waals surface area contributed by atoms with Gasteiger partial charge in [0.1, 0.15) is 5.82 Å². The number of carbonyl (C=O) groups is 1. The first-order valence-electron chi connectivity index (χ1n) is 8.15. The number of fused-ring (bicyclic) bond motifs is 1. The SMILES string of the molecule is O=C(N/C=C/c1cc(Cl)ccc1F)C(C[PH](=O)O)c1csc2ccc(Cl)cc12. The molecule has 146 valence electrons. The number of nitrogens with one attached hydrogen (secondary N) is 1. The minimum absolute atomic E-state index is 0.200. The van der Waals surface area contributed by atoms with Gasteiger partial charge in [-0.2, -0.15) is 0 Å². The number of amides is 1. The van der Waals surface area contributed by atoms with Crippen molar-refractivity contribution in [1.29, 1.82) is 0 Å². The smallest absolute Gasteiger partial charge is 0.232 e. The third kappa shape index (κ3) is 5.02. The van der Waals surface area contributed by atoms with Crippen LogP contribution < -0.4 is 5.32 Å². The summed E-state index contributed by atoms with van der Waals surface area (Å²) in [7, 11) is -2.91. The number of benzene rings is 2. The van der Waals surface area contributed by atoms with Crippen LogP contribution in [-0.4, -0.2) is 17.0 Å². The lowest BCUT2D eigenvalue weighted by Gasteiger charge is -2.14. The molecule has 0 radical (unpaired) electrons. The van der Waals surface area contributed by atoms with Gasteiger partial charge in [0.2, 0.25) is 5.91 Å². The molecule has 0 aliphatic rings. The largest absolute Gasteiger partial charge is 0.346 e. The van der Waals surface area contributed by atoms with E-state index in [1.165, 1.54) is 41.8 Å². The summed E-state index contributed by atoms with van der Waals surface area (Å²) in [4.78, 5) is 22.1. The summed E-state index contributed by atoms with van der Waals surface area (Å²) < 4.78 is 26.2. The number of hydrogen-bond donors (Lipinski definition) is 2. The fourth-order valence-corrected chi connectivity index (χ4v) is 4.87. The van der Waals surface area contributed by atoms with Crippen LogP contribution in [0.1, 0.15) is 17.0 Å². The first-order chi connectivity index (χ1) is 13.3. The van der Waals surface area contributed by atoms with Gasteiger partial charge in [-0.05, 0) is 58.8 Å². The molecule has 2 atom stereocenters. The summed E-state index contributed by atoms with van der Waals surface area (Å²) >= 11 is 13.3. The molecule has 0 bridgehead atoms. The summed E-state index contributed by atoms with van der Waals surface area (Å²) in [5.74, 6) is -1.78. The molecule has 0 saturated carbocycles. The molecule has 2 aromatic carbocycles. The Balaban J connectivity index is 1.86. The van der Waals surface area contributed by atoms with Gasteiger partial charge in [-0.15, -0.1) is 11.3 Å². The fourth-order valence-electron chi connectivity index (χ4n) is 2.77. The minimum atomic E-state index is -2.91. The zero-order valence-corrected chi connectivity index (χ0v) is 17.6. The van der Waals surface area contributed by atoms with Gasteiger partial charge in [0, 0.05) is 32.7 Å². The maximum absolute atomic E-state index is 13.8. The Bertz CT molecular complexity index is 1090. The summed E-state index contributed by atoms with van der Waals surface area (Å²) in [6, 6.07) is 9.40. The molecule has 2 unspecified atom stereocenters. The van der Waals surface area contributed by atoms with Crippen LogP contribution in [0.15, 0.2) is 48.0 Å². The van der Waals surface area contributed by atoms with E-state index in [0.717, 1.165) is 10.1 Å². The van der Waals surface area contributed by atoms with Gasteiger partial charge >= 0.3 is 0 Å². The van der Waals surface area contributed by atoms with Crippen LogP contribution in [0.2, 0.25) is 10.0 Å². The van der Waals surface area contributed by atoms with E-state index >= 15 is 0 Å². The van der Waals surface area contributed by atoms with Crippen molar-refractivity contribution in [3.8, 4) is 0 Å². The number of rotatable bonds is 6. The van der Waals surface area contributed by atoms with E-state index in [0.29, 0.717) is 15.6 Å². The molecule has 1 aromatic heterocycles. The van der Waals surface area contributed by atoms with Crippen LogP contribution in [0, 0.1) is 5.82 Å². The Hall–Kier alpha value is -1.69. The summed E-state index contributed by atoms with van der Waals surface area (Å²) in [6.45, 7) is 0. The molecular weight excluding hydrogens is 443 g/mol. The monoisotopic (exact) mass is 457 g/mol. The maximum Gasteiger partial charge on any atom is 0.232 e. The predicted octanol–water partition coefficient (Wildman–Crippen LogP) is 5.68. The van der Waals surface area contributed by atoms with Crippen molar-refractivity contribution in [3.05, 3.63) is 75.0 Å². The van der Waals surface area contributed by atoms with Gasteiger partial charge in [-0.1, -0.05) is 23.2 Å². The molecule has 3 rings (SSSR count). The molecule has 4 nitrogen and oxygen atoms in total. The second kappa shape index (κ2) is 9.21. The average Bonchev–Trinajstić information content (AvgIpc) is 3.05. The molecule has 0 aliphatic carbocycles. The van der Waals surface area contributed by atoms with Gasteiger partial charge in [0.15, 0.2) is 8.03 Å². The highest BCUT2D eigenvalue weighted by atomic mass is 35.5. The Kier molecular flexibility index (Phi) is 6.91. The molecule has 2 N–H and O–H groups in total. The van der Waals surface area contributed by atoms with Gasteiger partial charge in [-0.25, -0.2) is 4.39 Å².